The molecule has 0 aromatic heterocycles. The summed E-state index contributed by atoms with van der Waals surface area (Å²) in [5, 5.41) is 0. The lowest BCUT2D eigenvalue weighted by Crippen LogP contribution is -2.50. The number of ketones is 2. The predicted molar refractivity (Wildman–Crippen MR) is 96.4 cm³/mol. The molecule has 3 nitrogen and oxygen atoms in total. The van der Waals surface area contributed by atoms with Gasteiger partial charge in [-0.15, -0.1) is 0 Å². The molecule has 2 unspecified atom stereocenters. The fourth-order valence-corrected chi connectivity index (χ4v) is 4.44. The van der Waals surface area contributed by atoms with Crippen LogP contribution in [0.2, 0.25) is 0 Å². The van der Waals surface area contributed by atoms with Gasteiger partial charge in [0.05, 0.1) is 0 Å². The number of carbonyl (C=O) groups excluding carboxylic acids is 2. The van der Waals surface area contributed by atoms with Gasteiger partial charge in [0.25, 0.3) is 0 Å². The normalized spacial score (nSPS) is 24.0. The molecule has 0 saturated carbocycles. The highest BCUT2D eigenvalue weighted by Gasteiger charge is 2.56. The lowest BCUT2D eigenvalue weighted by atomic mass is 9.69. The van der Waals surface area contributed by atoms with Gasteiger partial charge in [-0.3, -0.25) is 4.79 Å². The maximum Gasteiger partial charge on any atom is 0.207 e. The van der Waals surface area contributed by atoms with Gasteiger partial charge in [-0.1, -0.05) is 30.3 Å². The molecule has 0 radical (unpaired) electrons. The summed E-state index contributed by atoms with van der Waals surface area (Å²) in [7, 11) is 0. The van der Waals surface area contributed by atoms with Crippen LogP contribution in [0.4, 0.5) is 0 Å². The molecule has 25 heavy (non-hydrogen) atoms. The van der Waals surface area contributed by atoms with Gasteiger partial charge >= 0.3 is 0 Å². The number of carbonyl (C=O) groups is 2. The number of ether oxygens (including phenoxy) is 1. The second-order valence-electron chi connectivity index (χ2n) is 7.36. The van der Waals surface area contributed by atoms with E-state index in [2.05, 4.69) is 13.8 Å². The molecular weight excluding hydrogens is 312 g/mol. The van der Waals surface area contributed by atoms with Crippen LogP contribution in [-0.4, -0.2) is 17.2 Å². The van der Waals surface area contributed by atoms with Crippen molar-refractivity contribution in [2.24, 2.45) is 0 Å². The number of fused-ring (bicyclic) bond motifs is 2. The molecule has 0 N–H and O–H groups in total. The molecule has 1 heterocycles. The zero-order valence-electron chi connectivity index (χ0n) is 14.9. The molecule has 0 amide bonds. The van der Waals surface area contributed by atoms with E-state index in [1.165, 1.54) is 0 Å². The van der Waals surface area contributed by atoms with E-state index < -0.39 is 5.60 Å². The van der Waals surface area contributed by atoms with Crippen LogP contribution in [-0.2, 0) is 11.2 Å². The summed E-state index contributed by atoms with van der Waals surface area (Å²) < 4.78 is 6.35. The number of benzene rings is 2. The lowest BCUT2D eigenvalue weighted by molar-refractivity contribution is -0.118. The van der Waals surface area contributed by atoms with E-state index in [0.29, 0.717) is 12.8 Å². The highest BCUT2D eigenvalue weighted by molar-refractivity contribution is 6.06. The molecule has 128 valence electrons. The van der Waals surface area contributed by atoms with Crippen LogP contribution < -0.4 is 4.74 Å². The Kier molecular flexibility index (Phi) is 3.57. The summed E-state index contributed by atoms with van der Waals surface area (Å²) in [4.78, 5) is 25.5. The molecule has 1 spiro atoms. The Hall–Kier alpha value is -2.42. The predicted octanol–water partition coefficient (Wildman–Crippen LogP) is 4.33. The highest BCUT2D eigenvalue weighted by atomic mass is 16.5. The molecule has 2 atom stereocenters. The molecule has 1 aliphatic carbocycles. The molecule has 0 fully saturated rings. The van der Waals surface area contributed by atoms with Crippen molar-refractivity contribution in [3.63, 3.8) is 0 Å². The first kappa shape index (κ1) is 16.1. The molecule has 2 aromatic carbocycles. The van der Waals surface area contributed by atoms with Crippen LogP contribution in [0.5, 0.6) is 5.75 Å². The van der Waals surface area contributed by atoms with Crippen molar-refractivity contribution in [3.8, 4) is 5.75 Å². The zero-order chi connectivity index (χ0) is 17.8. The number of aryl methyl sites for hydroxylation is 2. The Morgan fingerprint density at radius 3 is 2.72 bits per heavy atom. The Morgan fingerprint density at radius 1 is 1.20 bits per heavy atom. The van der Waals surface area contributed by atoms with E-state index in [0.717, 1.165) is 40.0 Å². The summed E-state index contributed by atoms with van der Waals surface area (Å²) >= 11 is 0. The van der Waals surface area contributed by atoms with Gasteiger partial charge in [0.2, 0.25) is 5.78 Å². The summed E-state index contributed by atoms with van der Waals surface area (Å²) in [6, 6.07) is 11.7. The lowest BCUT2D eigenvalue weighted by Gasteiger charge is -2.37. The maximum atomic E-state index is 13.5. The summed E-state index contributed by atoms with van der Waals surface area (Å²) in [5.41, 5.74) is 4.21. The molecule has 0 bridgehead atoms. The molecule has 2 aliphatic rings. The van der Waals surface area contributed by atoms with E-state index in [4.69, 9.17) is 4.74 Å². The summed E-state index contributed by atoms with van der Waals surface area (Å²) in [6.07, 6.45) is 1.75. The topological polar surface area (TPSA) is 43.4 Å². The average molecular weight is 334 g/mol. The van der Waals surface area contributed by atoms with Crippen molar-refractivity contribution < 1.29 is 14.3 Å². The second kappa shape index (κ2) is 5.55. The van der Waals surface area contributed by atoms with E-state index in [9.17, 15) is 9.59 Å². The Bertz CT molecular complexity index is 896. The van der Waals surface area contributed by atoms with Crippen molar-refractivity contribution in [2.75, 3.05) is 0 Å². The van der Waals surface area contributed by atoms with Crippen molar-refractivity contribution in [1.29, 1.82) is 0 Å². The SMILES string of the molecule is CC(=O)CC1c2c(ccc(C)c2C)OC12CCc1ccccc1C2=O. The van der Waals surface area contributed by atoms with Gasteiger partial charge in [-0.2, -0.15) is 0 Å². The fourth-order valence-electron chi connectivity index (χ4n) is 4.44. The monoisotopic (exact) mass is 334 g/mol. The van der Waals surface area contributed by atoms with Gasteiger partial charge in [0.15, 0.2) is 5.60 Å². The van der Waals surface area contributed by atoms with Crippen molar-refractivity contribution >= 4 is 11.6 Å². The van der Waals surface area contributed by atoms with Crippen LogP contribution in [0.1, 0.15) is 58.3 Å². The standard InChI is InChI=1S/C22H22O3/c1-13-8-9-19-20(15(13)3)18(12-14(2)23)22(25-19)11-10-16-6-4-5-7-17(16)21(22)24/h4-9,18H,10-12H2,1-3H3. The average Bonchev–Trinajstić information content (AvgIpc) is 2.90. The maximum absolute atomic E-state index is 13.5. The summed E-state index contributed by atoms with van der Waals surface area (Å²) in [6.45, 7) is 5.71. The van der Waals surface area contributed by atoms with Crippen molar-refractivity contribution in [1.82, 2.24) is 0 Å². The van der Waals surface area contributed by atoms with Crippen molar-refractivity contribution in [2.45, 2.75) is 51.6 Å². The molecular formula is C22H22O3. The fraction of sp³-hybridized carbons (Fsp3) is 0.364. The minimum Gasteiger partial charge on any atom is -0.478 e. The first-order valence-corrected chi connectivity index (χ1v) is 8.85. The second-order valence-corrected chi connectivity index (χ2v) is 7.36. The third kappa shape index (κ3) is 2.25. The largest absolute Gasteiger partial charge is 0.478 e. The number of hydrogen-bond donors (Lipinski definition) is 0. The minimum atomic E-state index is -0.944. The number of rotatable bonds is 2. The Balaban J connectivity index is 1.89. The van der Waals surface area contributed by atoms with Crippen LogP contribution in [0.25, 0.3) is 0 Å². The van der Waals surface area contributed by atoms with Gasteiger partial charge in [-0.25, -0.2) is 0 Å². The molecule has 3 heteroatoms. The molecule has 2 aromatic rings. The van der Waals surface area contributed by atoms with Crippen LogP contribution in [0.3, 0.4) is 0 Å². The minimum absolute atomic E-state index is 0.0221. The van der Waals surface area contributed by atoms with Crippen LogP contribution in [0.15, 0.2) is 36.4 Å². The van der Waals surface area contributed by atoms with Gasteiger partial charge in [-0.05, 0) is 56.4 Å². The molecule has 1 aliphatic heterocycles. The third-order valence-electron chi connectivity index (χ3n) is 5.85. The summed E-state index contributed by atoms with van der Waals surface area (Å²) in [5.74, 6) is 0.671. The van der Waals surface area contributed by atoms with Crippen LogP contribution >= 0.6 is 0 Å². The van der Waals surface area contributed by atoms with Crippen molar-refractivity contribution in [3.05, 3.63) is 64.2 Å². The van der Waals surface area contributed by atoms with Gasteiger partial charge < -0.3 is 9.53 Å². The van der Waals surface area contributed by atoms with Gasteiger partial charge in [0.1, 0.15) is 11.5 Å². The quantitative estimate of drug-likeness (QED) is 0.821. The first-order valence-electron chi connectivity index (χ1n) is 8.85. The molecule has 0 saturated heterocycles. The Morgan fingerprint density at radius 2 is 1.96 bits per heavy atom. The highest BCUT2D eigenvalue weighted by Crippen LogP contribution is 2.53. The third-order valence-corrected chi connectivity index (χ3v) is 5.85. The van der Waals surface area contributed by atoms with E-state index in [1.54, 1.807) is 6.92 Å². The number of Topliss-reactive ketones (excluding diaryl/α,β-unsaturated/α-hetero) is 2. The van der Waals surface area contributed by atoms with E-state index in [1.807, 2.05) is 36.4 Å². The zero-order valence-corrected chi connectivity index (χ0v) is 14.9. The van der Waals surface area contributed by atoms with E-state index in [-0.39, 0.29) is 17.5 Å². The Labute approximate surface area is 148 Å². The van der Waals surface area contributed by atoms with Crippen LogP contribution in [0, 0.1) is 13.8 Å². The molecule has 4 rings (SSSR count). The van der Waals surface area contributed by atoms with Gasteiger partial charge in [0, 0.05) is 23.5 Å². The first-order chi connectivity index (χ1) is 11.9. The number of hydrogen-bond acceptors (Lipinski definition) is 3. The smallest absolute Gasteiger partial charge is 0.207 e. The van der Waals surface area contributed by atoms with E-state index >= 15 is 0 Å².